The van der Waals surface area contributed by atoms with E-state index in [0.717, 1.165) is 23.4 Å². The van der Waals surface area contributed by atoms with Crippen molar-refractivity contribution < 1.29 is 0 Å². The topological polar surface area (TPSA) is 37.8 Å². The standard InChI is InChI=1S/C18H16ClN3/c1-13-7-8-17(20-12-13)22-18-11-15(10-16(19)21-18)9-14-5-3-2-4-6-14/h2-8,10-12H,9H2,1H3,(H,20,21,22). The molecule has 0 spiro atoms. The van der Waals surface area contributed by atoms with Gasteiger partial charge in [0, 0.05) is 6.20 Å². The molecule has 2 heterocycles. The van der Waals surface area contributed by atoms with Crippen LogP contribution in [0.1, 0.15) is 16.7 Å². The Balaban J connectivity index is 1.82. The Bertz CT molecular complexity index is 755. The maximum Gasteiger partial charge on any atom is 0.133 e. The summed E-state index contributed by atoms with van der Waals surface area (Å²) in [6.07, 6.45) is 2.64. The van der Waals surface area contributed by atoms with Crippen molar-refractivity contribution in [1.29, 1.82) is 0 Å². The molecule has 4 heteroatoms. The van der Waals surface area contributed by atoms with Gasteiger partial charge in [-0.15, -0.1) is 0 Å². The van der Waals surface area contributed by atoms with Crippen LogP contribution in [0.15, 0.2) is 60.8 Å². The second-order valence-corrected chi connectivity index (χ2v) is 5.58. The summed E-state index contributed by atoms with van der Waals surface area (Å²) in [6.45, 7) is 2.01. The summed E-state index contributed by atoms with van der Waals surface area (Å²) in [5.74, 6) is 1.46. The Morgan fingerprint density at radius 3 is 2.50 bits per heavy atom. The second kappa shape index (κ2) is 6.58. The molecular weight excluding hydrogens is 294 g/mol. The number of benzene rings is 1. The van der Waals surface area contributed by atoms with Crippen LogP contribution < -0.4 is 5.32 Å². The largest absolute Gasteiger partial charge is 0.325 e. The molecule has 0 atom stereocenters. The zero-order valence-corrected chi connectivity index (χ0v) is 13.0. The zero-order chi connectivity index (χ0) is 15.4. The van der Waals surface area contributed by atoms with Crippen molar-refractivity contribution in [2.24, 2.45) is 0 Å². The highest BCUT2D eigenvalue weighted by Crippen LogP contribution is 2.20. The van der Waals surface area contributed by atoms with Crippen molar-refractivity contribution in [1.82, 2.24) is 9.97 Å². The third kappa shape index (κ3) is 3.83. The molecule has 0 saturated carbocycles. The highest BCUT2D eigenvalue weighted by Gasteiger charge is 2.04. The van der Waals surface area contributed by atoms with Gasteiger partial charge in [0.05, 0.1) is 0 Å². The fourth-order valence-corrected chi connectivity index (χ4v) is 2.45. The number of nitrogens with one attached hydrogen (secondary N) is 1. The number of rotatable bonds is 4. The van der Waals surface area contributed by atoms with Gasteiger partial charge >= 0.3 is 0 Å². The Morgan fingerprint density at radius 1 is 0.955 bits per heavy atom. The predicted molar refractivity (Wildman–Crippen MR) is 90.8 cm³/mol. The highest BCUT2D eigenvalue weighted by atomic mass is 35.5. The lowest BCUT2D eigenvalue weighted by Crippen LogP contribution is -1.98. The maximum atomic E-state index is 6.14. The Kier molecular flexibility index (Phi) is 4.35. The Morgan fingerprint density at radius 2 is 1.77 bits per heavy atom. The minimum absolute atomic E-state index is 0.475. The monoisotopic (exact) mass is 309 g/mol. The SMILES string of the molecule is Cc1ccc(Nc2cc(Cc3ccccc3)cc(Cl)n2)nc1. The van der Waals surface area contributed by atoms with Crippen molar-refractivity contribution in [2.75, 3.05) is 5.32 Å². The third-order valence-corrected chi connectivity index (χ3v) is 3.47. The summed E-state index contributed by atoms with van der Waals surface area (Å²) in [4.78, 5) is 8.63. The molecule has 0 fully saturated rings. The number of anilines is 2. The molecule has 2 aromatic heterocycles. The normalized spacial score (nSPS) is 10.5. The van der Waals surface area contributed by atoms with Crippen molar-refractivity contribution in [3.8, 4) is 0 Å². The number of nitrogens with zero attached hydrogens (tertiary/aromatic N) is 2. The van der Waals surface area contributed by atoms with Crippen molar-refractivity contribution in [3.63, 3.8) is 0 Å². The lowest BCUT2D eigenvalue weighted by atomic mass is 10.1. The van der Waals surface area contributed by atoms with Crippen molar-refractivity contribution >= 4 is 23.2 Å². The summed E-state index contributed by atoms with van der Waals surface area (Å²) in [5.41, 5.74) is 3.47. The van der Waals surface area contributed by atoms with E-state index in [2.05, 4.69) is 27.4 Å². The molecule has 0 bridgehead atoms. The molecule has 0 saturated heterocycles. The van der Waals surface area contributed by atoms with Gasteiger partial charge in [-0.3, -0.25) is 0 Å². The molecule has 1 aromatic carbocycles. The molecule has 0 amide bonds. The fourth-order valence-electron chi connectivity index (χ4n) is 2.22. The van der Waals surface area contributed by atoms with E-state index in [4.69, 9.17) is 11.6 Å². The van der Waals surface area contributed by atoms with Crippen LogP contribution in [0.25, 0.3) is 0 Å². The van der Waals surface area contributed by atoms with E-state index in [1.54, 1.807) is 0 Å². The number of pyridine rings is 2. The molecule has 22 heavy (non-hydrogen) atoms. The minimum atomic E-state index is 0.475. The molecule has 3 nitrogen and oxygen atoms in total. The quantitative estimate of drug-likeness (QED) is 0.705. The number of aryl methyl sites for hydroxylation is 1. The second-order valence-electron chi connectivity index (χ2n) is 5.19. The molecule has 1 N–H and O–H groups in total. The molecule has 0 aliphatic rings. The van der Waals surface area contributed by atoms with E-state index in [1.807, 2.05) is 55.6 Å². The van der Waals surface area contributed by atoms with E-state index in [-0.39, 0.29) is 0 Å². The first-order valence-electron chi connectivity index (χ1n) is 7.09. The Labute approximate surface area is 135 Å². The first-order chi connectivity index (χ1) is 10.7. The summed E-state index contributed by atoms with van der Waals surface area (Å²) >= 11 is 6.14. The van der Waals surface area contributed by atoms with Crippen molar-refractivity contribution in [3.05, 3.63) is 82.6 Å². The first kappa shape index (κ1) is 14.5. The highest BCUT2D eigenvalue weighted by molar-refractivity contribution is 6.29. The van der Waals surface area contributed by atoms with Crippen LogP contribution in [0.5, 0.6) is 0 Å². The smallest absolute Gasteiger partial charge is 0.133 e. The van der Waals surface area contributed by atoms with E-state index in [1.165, 1.54) is 5.56 Å². The van der Waals surface area contributed by atoms with E-state index < -0.39 is 0 Å². The van der Waals surface area contributed by atoms with Crippen LogP contribution >= 0.6 is 11.6 Å². The molecule has 0 unspecified atom stereocenters. The van der Waals surface area contributed by atoms with Crippen LogP contribution in [-0.4, -0.2) is 9.97 Å². The van der Waals surface area contributed by atoms with Gasteiger partial charge in [-0.2, -0.15) is 0 Å². The lowest BCUT2D eigenvalue weighted by Gasteiger charge is -2.08. The number of aromatic nitrogens is 2. The van der Waals surface area contributed by atoms with Gasteiger partial charge in [0.1, 0.15) is 16.8 Å². The van der Waals surface area contributed by atoms with Gasteiger partial charge < -0.3 is 5.32 Å². The molecule has 0 aliphatic carbocycles. The summed E-state index contributed by atoms with van der Waals surface area (Å²) < 4.78 is 0. The van der Waals surface area contributed by atoms with Crippen LogP contribution in [-0.2, 0) is 6.42 Å². The zero-order valence-electron chi connectivity index (χ0n) is 12.3. The van der Waals surface area contributed by atoms with Crippen LogP contribution in [0.4, 0.5) is 11.6 Å². The summed E-state index contributed by atoms with van der Waals surface area (Å²) in [7, 11) is 0. The molecule has 0 radical (unpaired) electrons. The van der Waals surface area contributed by atoms with Gasteiger partial charge in [-0.05, 0) is 48.2 Å². The van der Waals surface area contributed by atoms with E-state index >= 15 is 0 Å². The van der Waals surface area contributed by atoms with Gasteiger partial charge in [0.15, 0.2) is 0 Å². The molecular formula is C18H16ClN3. The van der Waals surface area contributed by atoms with Crippen LogP contribution in [0.2, 0.25) is 5.15 Å². The van der Waals surface area contributed by atoms with E-state index in [0.29, 0.717) is 11.0 Å². The predicted octanol–water partition coefficient (Wildman–Crippen LogP) is 4.77. The lowest BCUT2D eigenvalue weighted by molar-refractivity contribution is 1.15. The fraction of sp³-hybridized carbons (Fsp3) is 0.111. The first-order valence-corrected chi connectivity index (χ1v) is 7.47. The third-order valence-electron chi connectivity index (χ3n) is 3.27. The number of hydrogen-bond acceptors (Lipinski definition) is 3. The molecule has 3 aromatic rings. The molecule has 0 aliphatic heterocycles. The van der Waals surface area contributed by atoms with Crippen LogP contribution in [0.3, 0.4) is 0 Å². The van der Waals surface area contributed by atoms with Gasteiger partial charge in [0.25, 0.3) is 0 Å². The molecule has 110 valence electrons. The van der Waals surface area contributed by atoms with Gasteiger partial charge in [-0.1, -0.05) is 48.0 Å². The molecule has 3 rings (SSSR count). The minimum Gasteiger partial charge on any atom is -0.325 e. The number of halogens is 1. The van der Waals surface area contributed by atoms with Crippen LogP contribution in [0, 0.1) is 6.92 Å². The maximum absolute atomic E-state index is 6.14. The Hall–Kier alpha value is -2.39. The number of hydrogen-bond donors (Lipinski definition) is 1. The average Bonchev–Trinajstić information content (AvgIpc) is 2.50. The van der Waals surface area contributed by atoms with Crippen molar-refractivity contribution in [2.45, 2.75) is 13.3 Å². The van der Waals surface area contributed by atoms with Gasteiger partial charge in [0.2, 0.25) is 0 Å². The summed E-state index contributed by atoms with van der Waals surface area (Å²) in [6, 6.07) is 18.1. The van der Waals surface area contributed by atoms with E-state index in [9.17, 15) is 0 Å². The van der Waals surface area contributed by atoms with Gasteiger partial charge in [-0.25, -0.2) is 9.97 Å². The average molecular weight is 310 g/mol. The summed E-state index contributed by atoms with van der Waals surface area (Å²) in [5, 5.41) is 3.67.